The topological polar surface area (TPSA) is 44.3 Å². The average molecular weight is 416 g/mol. The molecule has 1 aliphatic heterocycles. The number of anilines is 2. The first-order chi connectivity index (χ1) is 12.8. The number of hydrogen-bond donors (Lipinski definition) is 1. The molecule has 0 saturated carbocycles. The number of hydrogen-bond acceptors (Lipinski definition) is 4. The maximum atomic E-state index is 12.9. The SMILES string of the molecule is FC(F)(F)c1ccc(Cl)c(NC(=S)N2CCCN(c3ncccn3)CC2)c1. The summed E-state index contributed by atoms with van der Waals surface area (Å²) in [7, 11) is 0. The molecule has 144 valence electrons. The van der Waals surface area contributed by atoms with Gasteiger partial charge in [-0.15, -0.1) is 0 Å². The van der Waals surface area contributed by atoms with Crippen LogP contribution in [0.3, 0.4) is 0 Å². The highest BCUT2D eigenvalue weighted by Gasteiger charge is 2.31. The molecule has 10 heteroatoms. The highest BCUT2D eigenvalue weighted by molar-refractivity contribution is 7.80. The fraction of sp³-hybridized carbons (Fsp3) is 0.353. The van der Waals surface area contributed by atoms with E-state index in [1.54, 1.807) is 18.5 Å². The van der Waals surface area contributed by atoms with Crippen molar-refractivity contribution in [2.24, 2.45) is 0 Å². The van der Waals surface area contributed by atoms with Crippen molar-refractivity contribution in [3.8, 4) is 0 Å². The molecule has 0 amide bonds. The van der Waals surface area contributed by atoms with Gasteiger partial charge in [0.05, 0.1) is 16.3 Å². The molecule has 1 aliphatic rings. The van der Waals surface area contributed by atoms with Gasteiger partial charge in [0.25, 0.3) is 0 Å². The van der Waals surface area contributed by atoms with Crippen LogP contribution in [0.2, 0.25) is 5.02 Å². The monoisotopic (exact) mass is 415 g/mol. The lowest BCUT2D eigenvalue weighted by atomic mass is 10.2. The van der Waals surface area contributed by atoms with Crippen LogP contribution in [-0.2, 0) is 6.18 Å². The molecule has 0 aliphatic carbocycles. The Bertz CT molecular complexity index is 803. The summed E-state index contributed by atoms with van der Waals surface area (Å²) < 4.78 is 38.8. The third-order valence-electron chi connectivity index (χ3n) is 4.15. The Morgan fingerprint density at radius 1 is 1.11 bits per heavy atom. The minimum atomic E-state index is -4.44. The number of alkyl halides is 3. The molecule has 1 aromatic heterocycles. The average Bonchev–Trinajstić information content (AvgIpc) is 2.89. The maximum Gasteiger partial charge on any atom is 0.416 e. The van der Waals surface area contributed by atoms with Gasteiger partial charge < -0.3 is 15.1 Å². The molecule has 1 N–H and O–H groups in total. The van der Waals surface area contributed by atoms with Crippen LogP contribution in [0, 0.1) is 0 Å². The second-order valence-corrected chi connectivity index (χ2v) is 6.79. The number of halogens is 4. The molecule has 1 fully saturated rings. The summed E-state index contributed by atoms with van der Waals surface area (Å²) in [5, 5.41) is 3.37. The molecule has 0 bridgehead atoms. The fourth-order valence-corrected chi connectivity index (χ4v) is 3.22. The lowest BCUT2D eigenvalue weighted by Gasteiger charge is -2.25. The highest BCUT2D eigenvalue weighted by atomic mass is 35.5. The summed E-state index contributed by atoms with van der Waals surface area (Å²) in [5.41, 5.74) is -0.635. The zero-order valence-electron chi connectivity index (χ0n) is 14.2. The lowest BCUT2D eigenvalue weighted by Crippen LogP contribution is -2.38. The number of benzene rings is 1. The zero-order chi connectivity index (χ0) is 19.4. The van der Waals surface area contributed by atoms with E-state index in [-0.39, 0.29) is 10.7 Å². The first kappa shape index (κ1) is 19.6. The number of nitrogens with one attached hydrogen (secondary N) is 1. The standard InChI is InChI=1S/C17H17ClF3N5S/c18-13-4-3-12(17(19,20)21)11-14(13)24-16(27)26-8-2-7-25(9-10-26)15-22-5-1-6-23-15/h1,3-6,11H,2,7-10H2,(H,24,27). The third-order valence-corrected chi connectivity index (χ3v) is 4.84. The van der Waals surface area contributed by atoms with Crippen molar-refractivity contribution in [1.82, 2.24) is 14.9 Å². The van der Waals surface area contributed by atoms with Crippen molar-refractivity contribution in [1.29, 1.82) is 0 Å². The van der Waals surface area contributed by atoms with Gasteiger partial charge in [-0.2, -0.15) is 13.2 Å². The van der Waals surface area contributed by atoms with Gasteiger partial charge in [-0.25, -0.2) is 9.97 Å². The summed E-state index contributed by atoms with van der Waals surface area (Å²) in [5.74, 6) is 0.652. The van der Waals surface area contributed by atoms with Gasteiger partial charge in [-0.1, -0.05) is 11.6 Å². The molecule has 3 rings (SSSR count). The first-order valence-corrected chi connectivity index (χ1v) is 9.08. The molecule has 27 heavy (non-hydrogen) atoms. The molecule has 0 atom stereocenters. The number of aromatic nitrogens is 2. The van der Waals surface area contributed by atoms with Crippen LogP contribution < -0.4 is 10.2 Å². The maximum absolute atomic E-state index is 12.9. The summed E-state index contributed by atoms with van der Waals surface area (Å²) >= 11 is 11.4. The van der Waals surface area contributed by atoms with Gasteiger partial charge in [0.15, 0.2) is 5.11 Å². The lowest BCUT2D eigenvalue weighted by molar-refractivity contribution is -0.137. The van der Waals surface area contributed by atoms with Gasteiger partial charge in [-0.3, -0.25) is 0 Å². The normalized spacial score (nSPS) is 15.4. The van der Waals surface area contributed by atoms with Crippen molar-refractivity contribution < 1.29 is 13.2 Å². The predicted molar refractivity (Wildman–Crippen MR) is 103 cm³/mol. The third kappa shape index (κ3) is 4.98. The van der Waals surface area contributed by atoms with Crippen molar-refractivity contribution in [2.75, 3.05) is 36.4 Å². The van der Waals surface area contributed by atoms with Gasteiger partial charge in [0.1, 0.15) is 0 Å². The van der Waals surface area contributed by atoms with Crippen molar-refractivity contribution in [2.45, 2.75) is 12.6 Å². The summed E-state index contributed by atoms with van der Waals surface area (Å²) in [4.78, 5) is 12.5. The first-order valence-electron chi connectivity index (χ1n) is 8.29. The van der Waals surface area contributed by atoms with Crippen LogP contribution >= 0.6 is 23.8 Å². The van der Waals surface area contributed by atoms with Crippen LogP contribution in [0.1, 0.15) is 12.0 Å². The Hall–Kier alpha value is -2.13. The largest absolute Gasteiger partial charge is 0.416 e. The van der Waals surface area contributed by atoms with Crippen LogP contribution in [0.25, 0.3) is 0 Å². The molecule has 5 nitrogen and oxygen atoms in total. The van der Waals surface area contributed by atoms with Crippen LogP contribution in [0.5, 0.6) is 0 Å². The number of thiocarbonyl (C=S) groups is 1. The van der Waals surface area contributed by atoms with E-state index in [0.717, 1.165) is 25.1 Å². The molecular formula is C17H17ClF3N5S. The molecule has 2 heterocycles. The molecule has 1 aromatic carbocycles. The van der Waals surface area contributed by atoms with E-state index in [9.17, 15) is 13.2 Å². The summed E-state index contributed by atoms with van der Waals surface area (Å²) in [6.45, 7) is 2.70. The predicted octanol–water partition coefficient (Wildman–Crippen LogP) is 4.06. The van der Waals surface area contributed by atoms with Crippen molar-refractivity contribution >= 4 is 40.6 Å². The second kappa shape index (κ2) is 8.26. The van der Waals surface area contributed by atoms with Gasteiger partial charge >= 0.3 is 6.18 Å². The fourth-order valence-electron chi connectivity index (χ4n) is 2.77. The molecule has 2 aromatic rings. The Morgan fingerprint density at radius 2 is 1.85 bits per heavy atom. The smallest absolute Gasteiger partial charge is 0.347 e. The highest BCUT2D eigenvalue weighted by Crippen LogP contribution is 2.34. The molecule has 0 unspecified atom stereocenters. The van der Waals surface area contributed by atoms with Gasteiger partial charge in [0, 0.05) is 38.6 Å². The van der Waals surface area contributed by atoms with E-state index >= 15 is 0 Å². The van der Waals surface area contributed by atoms with E-state index in [2.05, 4.69) is 20.2 Å². The van der Waals surface area contributed by atoms with Gasteiger partial charge in [0.2, 0.25) is 5.95 Å². The Labute approximate surface area is 165 Å². The quantitative estimate of drug-likeness (QED) is 0.746. The van der Waals surface area contributed by atoms with E-state index in [0.29, 0.717) is 30.7 Å². The molecule has 0 radical (unpaired) electrons. The molecular weight excluding hydrogens is 399 g/mol. The molecule has 0 spiro atoms. The Balaban J connectivity index is 1.67. The summed E-state index contributed by atoms with van der Waals surface area (Å²) in [6.07, 6.45) is -0.253. The Morgan fingerprint density at radius 3 is 2.56 bits per heavy atom. The minimum absolute atomic E-state index is 0.143. The van der Waals surface area contributed by atoms with E-state index in [1.165, 1.54) is 6.07 Å². The minimum Gasteiger partial charge on any atom is -0.347 e. The van der Waals surface area contributed by atoms with Gasteiger partial charge in [-0.05, 0) is 42.9 Å². The van der Waals surface area contributed by atoms with Crippen LogP contribution in [0.15, 0.2) is 36.7 Å². The van der Waals surface area contributed by atoms with E-state index in [1.807, 2.05) is 4.90 Å². The molecule has 1 saturated heterocycles. The second-order valence-electron chi connectivity index (χ2n) is 6.00. The van der Waals surface area contributed by atoms with Crippen molar-refractivity contribution in [3.05, 3.63) is 47.2 Å². The summed E-state index contributed by atoms with van der Waals surface area (Å²) in [6, 6.07) is 4.88. The zero-order valence-corrected chi connectivity index (χ0v) is 15.8. The Kier molecular flexibility index (Phi) is 6.01. The van der Waals surface area contributed by atoms with Crippen LogP contribution in [0.4, 0.5) is 24.8 Å². The van der Waals surface area contributed by atoms with Crippen LogP contribution in [-0.4, -0.2) is 46.2 Å². The number of nitrogens with zero attached hydrogens (tertiary/aromatic N) is 4. The number of rotatable bonds is 2. The van der Waals surface area contributed by atoms with E-state index in [4.69, 9.17) is 23.8 Å². The van der Waals surface area contributed by atoms with E-state index < -0.39 is 11.7 Å². The van der Waals surface area contributed by atoms with Crippen molar-refractivity contribution in [3.63, 3.8) is 0 Å².